The molecule has 9 nitrogen and oxygen atoms in total. The van der Waals surface area contributed by atoms with Gasteiger partial charge in [-0.2, -0.15) is 0 Å². The predicted octanol–water partition coefficient (Wildman–Crippen LogP) is 2.82. The summed E-state index contributed by atoms with van der Waals surface area (Å²) >= 11 is 0. The van der Waals surface area contributed by atoms with Crippen LogP contribution in [0.25, 0.3) is 0 Å². The van der Waals surface area contributed by atoms with E-state index in [-0.39, 0.29) is 24.2 Å². The lowest BCUT2D eigenvalue weighted by atomic mass is 9.95. The summed E-state index contributed by atoms with van der Waals surface area (Å²) in [5, 5.41) is 2.82. The zero-order valence-corrected chi connectivity index (χ0v) is 20.2. The fraction of sp³-hybridized carbons (Fsp3) is 0.625. The third-order valence-electron chi connectivity index (χ3n) is 6.01. The van der Waals surface area contributed by atoms with Crippen LogP contribution >= 0.6 is 0 Å². The van der Waals surface area contributed by atoms with Gasteiger partial charge in [0.25, 0.3) is 0 Å². The lowest BCUT2D eigenvalue weighted by molar-refractivity contribution is -0.137. The Bertz CT molecular complexity index is 873. The molecule has 0 bridgehead atoms. The Morgan fingerprint density at radius 1 is 1.09 bits per heavy atom. The maximum atomic E-state index is 13.1. The first-order valence-corrected chi connectivity index (χ1v) is 11.4. The first-order valence-electron chi connectivity index (χ1n) is 11.4. The van der Waals surface area contributed by atoms with E-state index in [2.05, 4.69) is 5.32 Å². The molecule has 0 saturated carbocycles. The molecular formula is C24H35N3O6. The molecule has 33 heavy (non-hydrogen) atoms. The summed E-state index contributed by atoms with van der Waals surface area (Å²) in [7, 11) is 3.11. The summed E-state index contributed by atoms with van der Waals surface area (Å²) in [6, 6.07) is 5.31. The molecular weight excluding hydrogens is 426 g/mol. The van der Waals surface area contributed by atoms with Gasteiger partial charge in [-0.15, -0.1) is 0 Å². The molecule has 1 aromatic carbocycles. The number of nitrogens with zero attached hydrogens (tertiary/aromatic N) is 2. The van der Waals surface area contributed by atoms with E-state index in [0.29, 0.717) is 49.3 Å². The highest BCUT2D eigenvalue weighted by molar-refractivity contribution is 6.00. The van der Waals surface area contributed by atoms with E-state index in [0.717, 1.165) is 12.8 Å². The first kappa shape index (κ1) is 24.7. The van der Waals surface area contributed by atoms with Crippen molar-refractivity contribution in [2.45, 2.75) is 45.6 Å². The van der Waals surface area contributed by atoms with Crippen LogP contribution in [-0.4, -0.2) is 68.8 Å². The highest BCUT2D eigenvalue weighted by Crippen LogP contribution is 2.34. The van der Waals surface area contributed by atoms with Crippen LogP contribution in [0.3, 0.4) is 0 Å². The smallest absolute Gasteiger partial charge is 0.407 e. The van der Waals surface area contributed by atoms with Crippen LogP contribution in [-0.2, 0) is 14.3 Å². The zero-order valence-electron chi connectivity index (χ0n) is 20.2. The topological polar surface area (TPSA) is 97.4 Å². The molecule has 1 aromatic rings. The molecule has 2 aliphatic rings. The second kappa shape index (κ2) is 10.3. The number of amides is 3. The van der Waals surface area contributed by atoms with Gasteiger partial charge in [-0.3, -0.25) is 9.59 Å². The van der Waals surface area contributed by atoms with E-state index in [1.54, 1.807) is 37.3 Å². The van der Waals surface area contributed by atoms with Gasteiger partial charge in [-0.05, 0) is 51.7 Å². The van der Waals surface area contributed by atoms with Crippen molar-refractivity contribution in [2.75, 3.05) is 45.3 Å². The Morgan fingerprint density at radius 2 is 1.76 bits per heavy atom. The summed E-state index contributed by atoms with van der Waals surface area (Å²) in [5.74, 6) is 1.02. The molecule has 0 spiro atoms. The zero-order chi connectivity index (χ0) is 24.2. The Labute approximate surface area is 195 Å². The van der Waals surface area contributed by atoms with Crippen LogP contribution in [0.1, 0.15) is 40.0 Å². The highest BCUT2D eigenvalue weighted by atomic mass is 16.6. The molecule has 1 unspecified atom stereocenters. The summed E-state index contributed by atoms with van der Waals surface area (Å²) in [6.07, 6.45) is 1.40. The Balaban J connectivity index is 1.50. The number of hydrogen-bond acceptors (Lipinski definition) is 6. The molecule has 1 N–H and O–H groups in total. The number of anilines is 1. The lowest BCUT2D eigenvalue weighted by Crippen LogP contribution is -2.44. The number of carbonyl (C=O) groups is 3. The van der Waals surface area contributed by atoms with Gasteiger partial charge in [0, 0.05) is 44.4 Å². The van der Waals surface area contributed by atoms with E-state index < -0.39 is 11.7 Å². The molecule has 3 rings (SSSR count). The fourth-order valence-corrected chi connectivity index (χ4v) is 4.27. The molecule has 2 saturated heterocycles. The number of nitrogens with one attached hydrogen (secondary N) is 1. The van der Waals surface area contributed by atoms with Crippen molar-refractivity contribution in [1.29, 1.82) is 0 Å². The molecule has 2 heterocycles. The van der Waals surface area contributed by atoms with Crippen molar-refractivity contribution in [3.8, 4) is 11.5 Å². The number of hydrogen-bond donors (Lipinski definition) is 1. The standard InChI is InChI=1S/C24H35N3O6/c1-24(2,3)33-23(30)25-14-16-8-10-26(11-9-16)22(29)17-12-21(28)27(15-17)18-6-7-19(31-4)20(13-18)32-5/h6-7,13,16-17H,8-12,14-15H2,1-5H3,(H,25,30). The minimum atomic E-state index is -0.524. The van der Waals surface area contributed by atoms with Gasteiger partial charge < -0.3 is 29.3 Å². The molecule has 1 atom stereocenters. The normalized spacial score (nSPS) is 19.4. The molecule has 182 valence electrons. The lowest BCUT2D eigenvalue weighted by Gasteiger charge is -2.33. The molecule has 0 aromatic heterocycles. The van der Waals surface area contributed by atoms with Gasteiger partial charge in [-0.1, -0.05) is 0 Å². The van der Waals surface area contributed by atoms with Crippen LogP contribution in [0.5, 0.6) is 11.5 Å². The predicted molar refractivity (Wildman–Crippen MR) is 124 cm³/mol. The number of benzene rings is 1. The van der Waals surface area contributed by atoms with E-state index >= 15 is 0 Å². The second-order valence-electron chi connectivity index (χ2n) is 9.60. The summed E-state index contributed by atoms with van der Waals surface area (Å²) in [6.45, 7) is 7.63. The van der Waals surface area contributed by atoms with Gasteiger partial charge in [0.1, 0.15) is 5.60 Å². The molecule has 2 fully saturated rings. The summed E-state index contributed by atoms with van der Waals surface area (Å²) in [4.78, 5) is 41.1. The summed E-state index contributed by atoms with van der Waals surface area (Å²) in [5.41, 5.74) is 0.170. The molecule has 0 radical (unpaired) electrons. The number of rotatable bonds is 6. The number of carbonyl (C=O) groups excluding carboxylic acids is 3. The minimum absolute atomic E-state index is 0.0184. The highest BCUT2D eigenvalue weighted by Gasteiger charge is 2.38. The SMILES string of the molecule is COc1ccc(N2CC(C(=O)N3CCC(CNC(=O)OC(C)(C)C)CC3)CC2=O)cc1OC. The van der Waals surface area contributed by atoms with Gasteiger partial charge in [-0.25, -0.2) is 4.79 Å². The average molecular weight is 462 g/mol. The van der Waals surface area contributed by atoms with E-state index in [1.807, 2.05) is 25.7 Å². The fourth-order valence-electron chi connectivity index (χ4n) is 4.27. The average Bonchev–Trinajstić information content (AvgIpc) is 3.17. The van der Waals surface area contributed by atoms with Crippen molar-refractivity contribution in [2.24, 2.45) is 11.8 Å². The maximum Gasteiger partial charge on any atom is 0.407 e. The van der Waals surface area contributed by atoms with Crippen molar-refractivity contribution < 1.29 is 28.6 Å². The molecule has 9 heteroatoms. The van der Waals surface area contributed by atoms with E-state index in [9.17, 15) is 14.4 Å². The number of alkyl carbamates (subject to hydrolysis) is 1. The third kappa shape index (κ3) is 6.30. The number of piperidine rings is 1. The van der Waals surface area contributed by atoms with Crippen molar-refractivity contribution in [1.82, 2.24) is 10.2 Å². The maximum absolute atomic E-state index is 13.1. The quantitative estimate of drug-likeness (QED) is 0.700. The van der Waals surface area contributed by atoms with E-state index in [4.69, 9.17) is 14.2 Å². The van der Waals surface area contributed by atoms with Gasteiger partial charge in [0.2, 0.25) is 11.8 Å². The Hall–Kier alpha value is -2.97. The van der Waals surface area contributed by atoms with Crippen LogP contribution < -0.4 is 19.7 Å². The monoisotopic (exact) mass is 461 g/mol. The third-order valence-corrected chi connectivity index (χ3v) is 6.01. The largest absolute Gasteiger partial charge is 0.493 e. The number of likely N-dealkylation sites (tertiary alicyclic amines) is 1. The van der Waals surface area contributed by atoms with Crippen molar-refractivity contribution in [3.05, 3.63) is 18.2 Å². The van der Waals surface area contributed by atoms with Gasteiger partial charge >= 0.3 is 6.09 Å². The first-order chi connectivity index (χ1) is 15.6. The van der Waals surface area contributed by atoms with Gasteiger partial charge in [0.15, 0.2) is 11.5 Å². The Kier molecular flexibility index (Phi) is 7.71. The summed E-state index contributed by atoms with van der Waals surface area (Å²) < 4.78 is 15.9. The van der Waals surface area contributed by atoms with Crippen molar-refractivity contribution in [3.63, 3.8) is 0 Å². The van der Waals surface area contributed by atoms with Crippen molar-refractivity contribution >= 4 is 23.6 Å². The number of ether oxygens (including phenoxy) is 3. The molecule has 0 aliphatic carbocycles. The van der Waals surface area contributed by atoms with Crippen LogP contribution in [0.15, 0.2) is 18.2 Å². The number of methoxy groups -OCH3 is 2. The van der Waals surface area contributed by atoms with Crippen LogP contribution in [0, 0.1) is 11.8 Å². The van der Waals surface area contributed by atoms with E-state index in [1.165, 1.54) is 0 Å². The van der Waals surface area contributed by atoms with Crippen LogP contribution in [0.4, 0.5) is 10.5 Å². The minimum Gasteiger partial charge on any atom is -0.493 e. The van der Waals surface area contributed by atoms with Crippen LogP contribution in [0.2, 0.25) is 0 Å². The molecule has 2 aliphatic heterocycles. The van der Waals surface area contributed by atoms with Gasteiger partial charge in [0.05, 0.1) is 20.1 Å². The Morgan fingerprint density at radius 3 is 2.36 bits per heavy atom. The molecule has 3 amide bonds. The second-order valence-corrected chi connectivity index (χ2v) is 9.60.